The predicted octanol–water partition coefficient (Wildman–Crippen LogP) is 5.75. The van der Waals surface area contributed by atoms with Gasteiger partial charge in [0.2, 0.25) is 21.8 Å². The number of nitrogens with one attached hydrogen (secondary N) is 1. The van der Waals surface area contributed by atoms with Gasteiger partial charge in [-0.1, -0.05) is 73.3 Å². The molecule has 46 heavy (non-hydrogen) atoms. The van der Waals surface area contributed by atoms with Crippen molar-refractivity contribution in [2.75, 3.05) is 30.3 Å². The number of hydrogen-bond donors (Lipinski definition) is 1. The number of fused-ring (bicyclic) bond motifs is 1. The topological polar surface area (TPSA) is 105 Å². The van der Waals surface area contributed by atoms with Crippen LogP contribution in [0.2, 0.25) is 5.02 Å². The van der Waals surface area contributed by atoms with Crippen LogP contribution in [0, 0.1) is 0 Å². The molecule has 3 aromatic carbocycles. The smallest absolute Gasteiger partial charge is 0.243 e. The summed E-state index contributed by atoms with van der Waals surface area (Å²) in [6.45, 7) is 1.10. The lowest BCUT2D eigenvalue weighted by Gasteiger charge is -2.34. The minimum Gasteiger partial charge on any atom is -0.486 e. The van der Waals surface area contributed by atoms with Crippen LogP contribution in [0.15, 0.2) is 72.8 Å². The van der Waals surface area contributed by atoms with E-state index in [2.05, 4.69) is 5.32 Å². The predicted molar refractivity (Wildman–Crippen MR) is 180 cm³/mol. The van der Waals surface area contributed by atoms with Gasteiger partial charge in [-0.25, -0.2) is 8.42 Å². The summed E-state index contributed by atoms with van der Waals surface area (Å²) in [6, 6.07) is 21.3. The Kier molecular flexibility index (Phi) is 11.5. The van der Waals surface area contributed by atoms with Gasteiger partial charge in [-0.05, 0) is 54.7 Å². The van der Waals surface area contributed by atoms with Crippen LogP contribution in [-0.2, 0) is 32.6 Å². The summed E-state index contributed by atoms with van der Waals surface area (Å²) in [7, 11) is -3.67. The van der Waals surface area contributed by atoms with E-state index in [0.29, 0.717) is 41.8 Å². The zero-order valence-electron chi connectivity index (χ0n) is 26.2. The first-order valence-electron chi connectivity index (χ1n) is 15.9. The Morgan fingerprint density at radius 3 is 2.30 bits per heavy atom. The second kappa shape index (κ2) is 15.7. The highest BCUT2D eigenvalue weighted by molar-refractivity contribution is 7.92. The lowest BCUT2D eigenvalue weighted by Crippen LogP contribution is -2.52. The molecule has 9 nitrogen and oxygen atoms in total. The Morgan fingerprint density at radius 2 is 1.61 bits per heavy atom. The van der Waals surface area contributed by atoms with Gasteiger partial charge in [0.25, 0.3) is 0 Å². The molecule has 3 aromatic rings. The van der Waals surface area contributed by atoms with Gasteiger partial charge in [0.1, 0.15) is 19.3 Å². The van der Waals surface area contributed by atoms with Crippen molar-refractivity contribution in [3.05, 3.63) is 88.9 Å². The first-order valence-corrected chi connectivity index (χ1v) is 18.2. The zero-order chi connectivity index (χ0) is 32.5. The molecule has 0 spiro atoms. The van der Waals surface area contributed by atoms with Crippen LogP contribution in [0.25, 0.3) is 0 Å². The Morgan fingerprint density at radius 1 is 0.913 bits per heavy atom. The highest BCUT2D eigenvalue weighted by Crippen LogP contribution is 2.35. The number of carbonyl (C=O) groups excluding carboxylic acids is 2. The van der Waals surface area contributed by atoms with Gasteiger partial charge in [0.05, 0.1) is 11.9 Å². The van der Waals surface area contributed by atoms with E-state index >= 15 is 0 Å². The molecule has 1 atom stereocenters. The van der Waals surface area contributed by atoms with Crippen LogP contribution in [0.1, 0.15) is 56.1 Å². The molecule has 0 radical (unpaired) electrons. The third-order valence-electron chi connectivity index (χ3n) is 8.45. The number of carbonyl (C=O) groups is 2. The van der Waals surface area contributed by atoms with Crippen LogP contribution in [0.3, 0.4) is 0 Å². The molecule has 1 saturated carbocycles. The number of nitrogens with zero attached hydrogens (tertiary/aromatic N) is 2. The fraction of sp³-hybridized carbons (Fsp3) is 0.429. The molecule has 246 valence electrons. The van der Waals surface area contributed by atoms with Gasteiger partial charge in [0, 0.05) is 43.1 Å². The van der Waals surface area contributed by atoms with Crippen molar-refractivity contribution < 1.29 is 27.5 Å². The van der Waals surface area contributed by atoms with E-state index in [1.54, 1.807) is 35.2 Å². The molecular weight excluding hydrogens is 626 g/mol. The van der Waals surface area contributed by atoms with Crippen molar-refractivity contribution in [3.8, 4) is 11.5 Å². The average molecular weight is 668 g/mol. The fourth-order valence-corrected chi connectivity index (χ4v) is 7.16. The van der Waals surface area contributed by atoms with E-state index in [4.69, 9.17) is 21.1 Å². The molecule has 1 aliphatic carbocycles. The molecule has 0 unspecified atom stereocenters. The molecule has 1 aliphatic heterocycles. The number of anilines is 1. The molecule has 0 saturated heterocycles. The first-order chi connectivity index (χ1) is 22.2. The Balaban J connectivity index is 1.37. The van der Waals surface area contributed by atoms with Crippen molar-refractivity contribution in [2.45, 2.75) is 70.0 Å². The SMILES string of the molecule is CS(=O)(=O)N(CCCC(=O)N(Cc1ccc(Cl)cc1)[C@H](Cc1ccccc1)C(=O)NC1CCCCC1)c1ccc2c(c1)OCCO2. The molecule has 5 rings (SSSR count). The van der Waals surface area contributed by atoms with Gasteiger partial charge in [-0.15, -0.1) is 0 Å². The van der Waals surface area contributed by atoms with Gasteiger partial charge in [-0.2, -0.15) is 0 Å². The summed E-state index contributed by atoms with van der Waals surface area (Å²) in [5.74, 6) is 0.639. The Labute approximate surface area is 276 Å². The molecule has 2 amide bonds. The number of ether oxygens (including phenoxy) is 2. The van der Waals surface area contributed by atoms with Crippen LogP contribution >= 0.6 is 11.6 Å². The van der Waals surface area contributed by atoms with Crippen molar-refractivity contribution in [3.63, 3.8) is 0 Å². The first kappa shape index (κ1) is 33.6. The summed E-state index contributed by atoms with van der Waals surface area (Å²) in [4.78, 5) is 29.7. The monoisotopic (exact) mass is 667 g/mol. The second-order valence-electron chi connectivity index (χ2n) is 12.0. The maximum Gasteiger partial charge on any atom is 0.243 e. The molecular formula is C35H42ClN3O6S. The van der Waals surface area contributed by atoms with E-state index in [1.807, 2.05) is 42.5 Å². The summed E-state index contributed by atoms with van der Waals surface area (Å²) in [6.07, 6.45) is 6.95. The van der Waals surface area contributed by atoms with Gasteiger partial charge in [0.15, 0.2) is 11.5 Å². The number of sulfonamides is 1. The second-order valence-corrected chi connectivity index (χ2v) is 14.3. The number of halogens is 1. The van der Waals surface area contributed by atoms with Gasteiger partial charge in [-0.3, -0.25) is 13.9 Å². The molecule has 1 fully saturated rings. The van der Waals surface area contributed by atoms with E-state index in [1.165, 1.54) is 4.31 Å². The molecule has 1 heterocycles. The highest BCUT2D eigenvalue weighted by atomic mass is 35.5. The third-order valence-corrected chi connectivity index (χ3v) is 9.90. The van der Waals surface area contributed by atoms with E-state index in [0.717, 1.165) is 49.5 Å². The summed E-state index contributed by atoms with van der Waals surface area (Å²) >= 11 is 6.15. The summed E-state index contributed by atoms with van der Waals surface area (Å²) < 4.78 is 38.3. The molecule has 0 bridgehead atoms. The summed E-state index contributed by atoms with van der Waals surface area (Å²) in [5, 5.41) is 3.83. The lowest BCUT2D eigenvalue weighted by molar-refractivity contribution is -0.141. The Bertz CT molecular complexity index is 1580. The number of amides is 2. The van der Waals surface area contributed by atoms with Crippen molar-refractivity contribution >= 4 is 39.1 Å². The molecule has 1 N–H and O–H groups in total. The van der Waals surface area contributed by atoms with Crippen molar-refractivity contribution in [1.29, 1.82) is 0 Å². The highest BCUT2D eigenvalue weighted by Gasteiger charge is 2.32. The third kappa shape index (κ3) is 9.16. The van der Waals surface area contributed by atoms with Crippen molar-refractivity contribution in [1.82, 2.24) is 10.2 Å². The normalized spacial score (nSPS) is 15.5. The standard InChI is InChI=1S/C35H42ClN3O6S/c1-46(42,43)39(30-18-19-32-33(24-30)45-22-21-44-32)20-8-13-34(40)38(25-27-14-16-28(36)17-15-27)31(23-26-9-4-2-5-10-26)35(41)37-29-11-6-3-7-12-29/h2,4-5,9-10,14-19,24,29,31H,3,6-8,11-13,20-23,25H2,1H3,(H,37,41)/t31-/m1/s1. The fourth-order valence-electron chi connectivity index (χ4n) is 6.08. The maximum absolute atomic E-state index is 14.1. The number of hydrogen-bond acceptors (Lipinski definition) is 6. The van der Waals surface area contributed by atoms with Crippen LogP contribution in [-0.4, -0.2) is 63.2 Å². The molecule has 11 heteroatoms. The van der Waals surface area contributed by atoms with E-state index < -0.39 is 16.1 Å². The quantitative estimate of drug-likeness (QED) is 0.249. The minimum atomic E-state index is -3.67. The minimum absolute atomic E-state index is 0.0478. The number of rotatable bonds is 13. The van der Waals surface area contributed by atoms with E-state index in [-0.39, 0.29) is 43.8 Å². The number of benzene rings is 3. The van der Waals surface area contributed by atoms with Gasteiger partial charge >= 0.3 is 0 Å². The summed E-state index contributed by atoms with van der Waals surface area (Å²) in [5.41, 5.74) is 2.23. The maximum atomic E-state index is 14.1. The van der Waals surface area contributed by atoms with Gasteiger partial charge < -0.3 is 19.7 Å². The lowest BCUT2D eigenvalue weighted by atomic mass is 9.94. The molecule has 2 aliphatic rings. The average Bonchev–Trinajstić information content (AvgIpc) is 3.05. The van der Waals surface area contributed by atoms with Crippen LogP contribution < -0.4 is 19.1 Å². The van der Waals surface area contributed by atoms with Crippen molar-refractivity contribution in [2.24, 2.45) is 0 Å². The van der Waals surface area contributed by atoms with Crippen LogP contribution in [0.5, 0.6) is 11.5 Å². The largest absolute Gasteiger partial charge is 0.486 e. The Hall–Kier alpha value is -3.76. The van der Waals surface area contributed by atoms with E-state index in [9.17, 15) is 18.0 Å². The zero-order valence-corrected chi connectivity index (χ0v) is 27.8. The van der Waals surface area contributed by atoms with Crippen LogP contribution in [0.4, 0.5) is 5.69 Å². The molecule has 0 aromatic heterocycles.